The molecule has 0 saturated heterocycles. The summed E-state index contributed by atoms with van der Waals surface area (Å²) in [5.41, 5.74) is 0. The fraction of sp³-hybridized carbons (Fsp3) is 0.864. The van der Waals surface area contributed by atoms with E-state index in [1.165, 1.54) is 64.9 Å². The van der Waals surface area contributed by atoms with Gasteiger partial charge < -0.3 is 4.74 Å². The Kier molecular flexibility index (Phi) is 15.3. The predicted molar refractivity (Wildman–Crippen MR) is 127 cm³/mol. The van der Waals surface area contributed by atoms with E-state index in [-0.39, 0.29) is 31.0 Å². The molecule has 0 fully saturated rings. The van der Waals surface area contributed by atoms with Crippen LogP contribution in [0.5, 0.6) is 0 Å². The molecule has 10 nitrogen and oxygen atoms in total. The lowest BCUT2D eigenvalue weighted by atomic mass is 10.0. The SMILES string of the molecule is CCCCCCCCCCCCCCCC(=O)N(c1nn[nH]n1)S(=O)(=O)CCCC(=O)OC. The van der Waals surface area contributed by atoms with Crippen molar-refractivity contribution in [2.24, 2.45) is 0 Å². The number of H-pyrrole nitrogens is 1. The molecule has 0 atom stereocenters. The van der Waals surface area contributed by atoms with Crippen molar-refractivity contribution in [3.05, 3.63) is 0 Å². The normalized spacial score (nSPS) is 11.5. The molecule has 0 saturated carbocycles. The molecule has 1 rings (SSSR count). The molecule has 0 aliphatic rings. The van der Waals surface area contributed by atoms with E-state index in [1.807, 2.05) is 0 Å². The van der Waals surface area contributed by atoms with Gasteiger partial charge in [-0.25, -0.2) is 8.42 Å². The van der Waals surface area contributed by atoms with Gasteiger partial charge in [0.1, 0.15) is 0 Å². The van der Waals surface area contributed by atoms with E-state index in [0.717, 1.165) is 19.3 Å². The van der Waals surface area contributed by atoms with E-state index in [4.69, 9.17) is 0 Å². The van der Waals surface area contributed by atoms with Crippen LogP contribution in [0.15, 0.2) is 0 Å². The molecule has 11 heteroatoms. The van der Waals surface area contributed by atoms with Crippen LogP contribution in [0.3, 0.4) is 0 Å². The van der Waals surface area contributed by atoms with Gasteiger partial charge in [0, 0.05) is 12.8 Å². The number of hydrogen-bond donors (Lipinski definition) is 1. The van der Waals surface area contributed by atoms with Crippen molar-refractivity contribution in [1.29, 1.82) is 0 Å². The Labute approximate surface area is 198 Å². The predicted octanol–water partition coefficient (Wildman–Crippen LogP) is 4.30. The highest BCUT2D eigenvalue weighted by Gasteiger charge is 2.31. The number of methoxy groups -OCH3 is 1. The number of carbonyl (C=O) groups is 2. The molecule has 0 spiro atoms. The largest absolute Gasteiger partial charge is 0.469 e. The third-order valence-electron chi connectivity index (χ3n) is 5.53. The second-order valence-corrected chi connectivity index (χ2v) is 10.3. The van der Waals surface area contributed by atoms with Gasteiger partial charge in [-0.15, -0.1) is 5.10 Å². The number of amides is 1. The zero-order valence-corrected chi connectivity index (χ0v) is 21.1. The van der Waals surface area contributed by atoms with Crippen molar-refractivity contribution in [2.75, 3.05) is 17.2 Å². The molecule has 0 aliphatic carbocycles. The molecule has 0 unspecified atom stereocenters. The zero-order chi connectivity index (χ0) is 24.4. The van der Waals surface area contributed by atoms with Gasteiger partial charge in [-0.05, 0) is 18.1 Å². The number of nitrogens with one attached hydrogen (secondary N) is 1. The van der Waals surface area contributed by atoms with E-state index >= 15 is 0 Å². The van der Waals surface area contributed by atoms with Gasteiger partial charge in [0.15, 0.2) is 0 Å². The van der Waals surface area contributed by atoms with Crippen LogP contribution in [0.1, 0.15) is 110 Å². The fourth-order valence-corrected chi connectivity index (χ4v) is 5.04. The fourth-order valence-electron chi connectivity index (χ4n) is 3.62. The smallest absolute Gasteiger partial charge is 0.305 e. The van der Waals surface area contributed by atoms with Crippen LogP contribution >= 0.6 is 0 Å². The van der Waals surface area contributed by atoms with Crippen molar-refractivity contribution in [1.82, 2.24) is 20.6 Å². The number of anilines is 1. The number of esters is 1. The molecule has 1 amide bonds. The van der Waals surface area contributed by atoms with Gasteiger partial charge >= 0.3 is 5.97 Å². The van der Waals surface area contributed by atoms with Gasteiger partial charge in [0.2, 0.25) is 15.9 Å². The van der Waals surface area contributed by atoms with Crippen LogP contribution in [0.25, 0.3) is 0 Å². The van der Waals surface area contributed by atoms with Crippen molar-refractivity contribution < 1.29 is 22.7 Å². The Morgan fingerprint density at radius 2 is 1.39 bits per heavy atom. The zero-order valence-electron chi connectivity index (χ0n) is 20.3. The number of sulfonamides is 1. The highest BCUT2D eigenvalue weighted by molar-refractivity contribution is 7.93. The van der Waals surface area contributed by atoms with Gasteiger partial charge in [0.05, 0.1) is 12.9 Å². The summed E-state index contributed by atoms with van der Waals surface area (Å²) >= 11 is 0. The van der Waals surface area contributed by atoms with Crippen molar-refractivity contribution in [3.8, 4) is 0 Å². The van der Waals surface area contributed by atoms with E-state index in [2.05, 4.69) is 32.3 Å². The topological polar surface area (TPSA) is 135 Å². The monoisotopic (exact) mass is 487 g/mol. The minimum Gasteiger partial charge on any atom is -0.469 e. The Morgan fingerprint density at radius 3 is 1.88 bits per heavy atom. The minimum absolute atomic E-state index is 0.0371. The molecule has 190 valence electrons. The van der Waals surface area contributed by atoms with E-state index in [9.17, 15) is 18.0 Å². The van der Waals surface area contributed by atoms with Crippen LogP contribution in [-0.4, -0.2) is 53.8 Å². The maximum atomic E-state index is 12.7. The number of ether oxygens (including phenoxy) is 1. The third-order valence-corrected chi connectivity index (χ3v) is 7.25. The minimum atomic E-state index is -4.03. The number of unbranched alkanes of at least 4 members (excludes halogenated alkanes) is 12. The maximum absolute atomic E-state index is 12.7. The molecule has 1 N–H and O–H groups in total. The quantitative estimate of drug-likeness (QED) is 0.212. The molecular weight excluding hydrogens is 446 g/mol. The molecule has 0 aliphatic heterocycles. The van der Waals surface area contributed by atoms with Gasteiger partial charge in [0.25, 0.3) is 5.95 Å². The van der Waals surface area contributed by atoms with Crippen LogP contribution in [-0.2, 0) is 24.3 Å². The first kappa shape index (κ1) is 29.0. The van der Waals surface area contributed by atoms with Crippen molar-refractivity contribution >= 4 is 27.8 Å². The number of carbonyl (C=O) groups excluding carboxylic acids is 2. The summed E-state index contributed by atoms with van der Waals surface area (Å²) in [6, 6.07) is 0. The molecular formula is C22H41N5O5S. The van der Waals surface area contributed by atoms with Crippen LogP contribution < -0.4 is 4.31 Å². The van der Waals surface area contributed by atoms with Crippen LogP contribution in [0, 0.1) is 0 Å². The number of rotatable bonds is 20. The summed E-state index contributed by atoms with van der Waals surface area (Å²) in [6.45, 7) is 2.23. The summed E-state index contributed by atoms with van der Waals surface area (Å²) < 4.78 is 30.5. The average Bonchev–Trinajstić information content (AvgIpc) is 3.30. The van der Waals surface area contributed by atoms with Crippen LogP contribution in [0.4, 0.5) is 5.95 Å². The lowest BCUT2D eigenvalue weighted by Crippen LogP contribution is -2.39. The van der Waals surface area contributed by atoms with Gasteiger partial charge in [-0.1, -0.05) is 89.1 Å². The van der Waals surface area contributed by atoms with Gasteiger partial charge in [-0.2, -0.15) is 9.52 Å². The number of aromatic nitrogens is 4. The Bertz CT molecular complexity index is 755. The summed E-state index contributed by atoms with van der Waals surface area (Å²) in [7, 11) is -2.79. The Hall–Kier alpha value is -2.04. The average molecular weight is 488 g/mol. The number of tetrazole rings is 1. The summed E-state index contributed by atoms with van der Waals surface area (Å²) in [5.74, 6) is -1.78. The van der Waals surface area contributed by atoms with E-state index in [1.54, 1.807) is 0 Å². The molecule has 0 bridgehead atoms. The highest BCUT2D eigenvalue weighted by Crippen LogP contribution is 2.17. The first-order valence-electron chi connectivity index (χ1n) is 12.3. The lowest BCUT2D eigenvalue weighted by molar-refractivity contribution is -0.140. The first-order valence-corrected chi connectivity index (χ1v) is 13.9. The number of hydrogen-bond acceptors (Lipinski definition) is 8. The van der Waals surface area contributed by atoms with Crippen LogP contribution in [0.2, 0.25) is 0 Å². The first-order chi connectivity index (χ1) is 15.9. The number of nitrogens with zero attached hydrogens (tertiary/aromatic N) is 4. The standard InChI is InChI=1S/C22H41N5O5S/c1-3-4-5-6-7-8-9-10-11-12-13-14-15-17-20(28)27(22-23-25-26-24-22)33(30,31)19-16-18-21(29)32-2/h3-19H2,1-2H3,(H,23,24,25,26). The maximum Gasteiger partial charge on any atom is 0.305 e. The third kappa shape index (κ3) is 12.7. The van der Waals surface area contributed by atoms with E-state index < -0.39 is 21.9 Å². The second kappa shape index (κ2) is 17.4. The van der Waals surface area contributed by atoms with Crippen molar-refractivity contribution in [2.45, 2.75) is 110 Å². The Balaban J connectivity index is 2.29. The molecule has 1 heterocycles. The van der Waals surface area contributed by atoms with Gasteiger partial charge in [-0.3, -0.25) is 9.59 Å². The molecule has 1 aromatic heterocycles. The molecule has 1 aromatic rings. The lowest BCUT2D eigenvalue weighted by Gasteiger charge is -2.18. The molecule has 33 heavy (non-hydrogen) atoms. The molecule has 0 aromatic carbocycles. The summed E-state index contributed by atoms with van der Waals surface area (Å²) in [4.78, 5) is 23.9. The Morgan fingerprint density at radius 1 is 0.848 bits per heavy atom. The highest BCUT2D eigenvalue weighted by atomic mass is 32.2. The second-order valence-electron chi connectivity index (χ2n) is 8.36. The summed E-state index contributed by atoms with van der Waals surface area (Å²) in [6.07, 6.45) is 15.4. The number of aromatic amines is 1. The molecule has 0 radical (unpaired) electrons. The van der Waals surface area contributed by atoms with E-state index in [0.29, 0.717) is 10.7 Å². The van der Waals surface area contributed by atoms with Crippen molar-refractivity contribution in [3.63, 3.8) is 0 Å². The summed E-state index contributed by atoms with van der Waals surface area (Å²) in [5, 5.41) is 12.9.